The molecule has 1 N–H and O–H groups in total. The van der Waals surface area contributed by atoms with Gasteiger partial charge in [0.15, 0.2) is 11.6 Å². The Labute approximate surface area is 218 Å². The zero-order valence-corrected chi connectivity index (χ0v) is 20.9. The number of benzene rings is 2. The van der Waals surface area contributed by atoms with Gasteiger partial charge in [-0.15, -0.1) is 5.10 Å². The number of fused-ring (bicyclic) bond motifs is 1. The van der Waals surface area contributed by atoms with Crippen molar-refractivity contribution in [1.29, 1.82) is 0 Å². The molecule has 1 amide bonds. The second kappa shape index (κ2) is 10.1. The van der Waals surface area contributed by atoms with Crippen molar-refractivity contribution >= 4 is 16.8 Å². The minimum Gasteiger partial charge on any atom is -0.459 e. The van der Waals surface area contributed by atoms with E-state index in [1.807, 2.05) is 55.5 Å². The molecule has 2 aromatic carbocycles. The Morgan fingerprint density at radius 2 is 1.84 bits per heavy atom. The van der Waals surface area contributed by atoms with Gasteiger partial charge in [0.2, 0.25) is 0 Å². The molecule has 3 aromatic heterocycles. The fraction of sp³-hybridized carbons (Fsp3) is 0.250. The largest absolute Gasteiger partial charge is 0.459 e. The van der Waals surface area contributed by atoms with Crippen molar-refractivity contribution < 1.29 is 9.21 Å². The summed E-state index contributed by atoms with van der Waals surface area (Å²) in [6.45, 7) is 4.56. The van der Waals surface area contributed by atoms with E-state index in [9.17, 15) is 9.59 Å². The molecule has 0 unspecified atom stereocenters. The van der Waals surface area contributed by atoms with Crippen LogP contribution in [0.5, 0.6) is 0 Å². The van der Waals surface area contributed by atoms with Crippen LogP contribution < -0.4 is 5.56 Å². The van der Waals surface area contributed by atoms with Gasteiger partial charge in [-0.3, -0.25) is 14.5 Å². The molecule has 1 fully saturated rings. The molecule has 4 heterocycles. The summed E-state index contributed by atoms with van der Waals surface area (Å²) in [4.78, 5) is 33.3. The molecule has 10 nitrogen and oxygen atoms in total. The van der Waals surface area contributed by atoms with Gasteiger partial charge in [0, 0.05) is 37.3 Å². The topological polar surface area (TPSA) is 113 Å². The number of H-pyrrole nitrogens is 1. The van der Waals surface area contributed by atoms with Crippen molar-refractivity contribution in [3.63, 3.8) is 0 Å². The number of aromatic amines is 1. The van der Waals surface area contributed by atoms with E-state index in [2.05, 4.69) is 31.5 Å². The average molecular weight is 510 g/mol. The van der Waals surface area contributed by atoms with Crippen molar-refractivity contribution in [2.75, 3.05) is 26.2 Å². The summed E-state index contributed by atoms with van der Waals surface area (Å²) in [6, 6.07) is 20.7. The van der Waals surface area contributed by atoms with Gasteiger partial charge in [-0.2, -0.15) is 0 Å². The molecule has 6 rings (SSSR count). The van der Waals surface area contributed by atoms with Gasteiger partial charge in [0.05, 0.1) is 12.8 Å². The Bertz CT molecular complexity index is 1620. The summed E-state index contributed by atoms with van der Waals surface area (Å²) in [5.74, 6) is 0.763. The maximum absolute atomic E-state index is 13.5. The molecule has 0 saturated carbocycles. The third kappa shape index (κ3) is 4.61. The van der Waals surface area contributed by atoms with E-state index in [-0.39, 0.29) is 11.5 Å². The third-order valence-corrected chi connectivity index (χ3v) is 7.00. The lowest BCUT2D eigenvalue weighted by Gasteiger charge is -2.38. The molecule has 0 bridgehead atoms. The number of aryl methyl sites for hydroxylation is 1. The van der Waals surface area contributed by atoms with Gasteiger partial charge in [-0.1, -0.05) is 42.0 Å². The summed E-state index contributed by atoms with van der Waals surface area (Å²) in [5.41, 5.74) is 3.32. The van der Waals surface area contributed by atoms with Crippen molar-refractivity contribution in [2.45, 2.75) is 19.5 Å². The molecule has 1 atom stereocenters. The summed E-state index contributed by atoms with van der Waals surface area (Å²) >= 11 is 0. The van der Waals surface area contributed by atoms with E-state index in [0.717, 1.165) is 22.0 Å². The predicted octanol–water partition coefficient (Wildman–Crippen LogP) is 3.01. The molecule has 0 radical (unpaired) electrons. The van der Waals surface area contributed by atoms with Gasteiger partial charge >= 0.3 is 0 Å². The number of amides is 1. The van der Waals surface area contributed by atoms with Crippen LogP contribution in [0.3, 0.4) is 0 Å². The molecule has 5 aromatic rings. The minimum absolute atomic E-state index is 0.140. The standard InChI is InChI=1S/C28H27N7O3/c1-19-9-10-23-21(16-19)17-22(27(36)29-23)25(26-30-31-32-35(26)18-20-6-3-2-4-7-20)33-11-13-34(14-12-33)28(37)24-8-5-15-38-24/h2-10,15-17,25H,11-14,18H2,1H3,(H,29,36)/t25-/m1/s1. The maximum atomic E-state index is 13.5. The molecule has 1 aliphatic rings. The fourth-order valence-electron chi connectivity index (χ4n) is 5.06. The molecular weight excluding hydrogens is 482 g/mol. The van der Waals surface area contributed by atoms with Gasteiger partial charge in [-0.25, -0.2) is 4.68 Å². The first-order chi connectivity index (χ1) is 18.6. The van der Waals surface area contributed by atoms with Gasteiger partial charge in [0.1, 0.15) is 6.04 Å². The lowest BCUT2D eigenvalue weighted by atomic mass is 10.0. The quantitative estimate of drug-likeness (QED) is 0.374. The zero-order valence-electron chi connectivity index (χ0n) is 20.9. The second-order valence-electron chi connectivity index (χ2n) is 9.53. The lowest BCUT2D eigenvalue weighted by Crippen LogP contribution is -2.50. The predicted molar refractivity (Wildman–Crippen MR) is 141 cm³/mol. The van der Waals surface area contributed by atoms with Crippen LogP contribution in [0.15, 0.2) is 82.2 Å². The minimum atomic E-state index is -0.497. The van der Waals surface area contributed by atoms with Gasteiger partial charge in [-0.05, 0) is 58.6 Å². The van der Waals surface area contributed by atoms with E-state index in [0.29, 0.717) is 49.9 Å². The molecule has 1 aliphatic heterocycles. The first kappa shape index (κ1) is 23.8. The van der Waals surface area contributed by atoms with Crippen LogP contribution in [0, 0.1) is 6.92 Å². The Kier molecular flexibility index (Phi) is 6.30. The third-order valence-electron chi connectivity index (χ3n) is 7.00. The SMILES string of the molecule is Cc1ccc2[nH]c(=O)c([C@H](c3nnnn3Cc3ccccc3)N3CCN(C(=O)c4ccco4)CC3)cc2c1. The van der Waals surface area contributed by atoms with E-state index < -0.39 is 6.04 Å². The van der Waals surface area contributed by atoms with Crippen molar-refractivity contribution in [3.8, 4) is 0 Å². The number of tetrazole rings is 1. The van der Waals surface area contributed by atoms with Crippen LogP contribution in [-0.2, 0) is 6.54 Å². The highest BCUT2D eigenvalue weighted by Crippen LogP contribution is 2.28. The van der Waals surface area contributed by atoms with E-state index in [1.54, 1.807) is 21.7 Å². The Morgan fingerprint density at radius 3 is 2.61 bits per heavy atom. The number of hydrogen-bond donors (Lipinski definition) is 1. The van der Waals surface area contributed by atoms with E-state index >= 15 is 0 Å². The van der Waals surface area contributed by atoms with Crippen LogP contribution in [-0.4, -0.2) is 67.1 Å². The van der Waals surface area contributed by atoms with Gasteiger partial charge < -0.3 is 14.3 Å². The highest BCUT2D eigenvalue weighted by molar-refractivity contribution is 5.91. The van der Waals surface area contributed by atoms with Crippen molar-refractivity contribution in [2.24, 2.45) is 0 Å². The number of nitrogens with zero attached hydrogens (tertiary/aromatic N) is 6. The molecular formula is C28H27N7O3. The monoisotopic (exact) mass is 509 g/mol. The normalized spacial score (nSPS) is 15.1. The summed E-state index contributed by atoms with van der Waals surface area (Å²) in [7, 11) is 0. The summed E-state index contributed by atoms with van der Waals surface area (Å²) in [5, 5.41) is 13.6. The molecule has 0 spiro atoms. The van der Waals surface area contributed by atoms with Crippen LogP contribution >= 0.6 is 0 Å². The number of carbonyl (C=O) groups is 1. The smallest absolute Gasteiger partial charge is 0.289 e. The van der Waals surface area contributed by atoms with Crippen LogP contribution in [0.4, 0.5) is 0 Å². The highest BCUT2D eigenvalue weighted by Gasteiger charge is 2.34. The zero-order chi connectivity index (χ0) is 26.1. The maximum Gasteiger partial charge on any atom is 0.289 e. The molecule has 1 saturated heterocycles. The number of nitrogens with one attached hydrogen (secondary N) is 1. The number of furan rings is 1. The summed E-state index contributed by atoms with van der Waals surface area (Å²) < 4.78 is 7.06. The second-order valence-corrected chi connectivity index (χ2v) is 9.53. The van der Waals surface area contributed by atoms with E-state index in [1.165, 1.54) is 6.26 Å². The lowest BCUT2D eigenvalue weighted by molar-refractivity contribution is 0.0558. The molecule has 10 heteroatoms. The number of rotatable bonds is 6. The molecule has 192 valence electrons. The Balaban J connectivity index is 1.37. The number of aromatic nitrogens is 5. The first-order valence-electron chi connectivity index (χ1n) is 12.6. The van der Waals surface area contributed by atoms with Crippen molar-refractivity contribution in [3.05, 3.63) is 112 Å². The number of hydrogen-bond acceptors (Lipinski definition) is 7. The van der Waals surface area contributed by atoms with Crippen LogP contribution in [0.2, 0.25) is 0 Å². The molecule has 38 heavy (non-hydrogen) atoms. The Morgan fingerprint density at radius 1 is 1.03 bits per heavy atom. The highest BCUT2D eigenvalue weighted by atomic mass is 16.3. The Hall–Kier alpha value is -4.57. The molecule has 0 aliphatic carbocycles. The van der Waals surface area contributed by atoms with Gasteiger partial charge in [0.25, 0.3) is 11.5 Å². The fourth-order valence-corrected chi connectivity index (χ4v) is 5.06. The number of piperazine rings is 1. The summed E-state index contributed by atoms with van der Waals surface area (Å²) in [6.07, 6.45) is 1.50. The number of pyridine rings is 1. The van der Waals surface area contributed by atoms with E-state index in [4.69, 9.17) is 4.42 Å². The van der Waals surface area contributed by atoms with Crippen LogP contribution in [0.1, 0.15) is 39.1 Å². The first-order valence-corrected chi connectivity index (χ1v) is 12.6. The van der Waals surface area contributed by atoms with Crippen LogP contribution in [0.25, 0.3) is 10.9 Å². The number of carbonyl (C=O) groups excluding carboxylic acids is 1. The van der Waals surface area contributed by atoms with Crippen molar-refractivity contribution in [1.82, 2.24) is 35.0 Å². The average Bonchev–Trinajstić information content (AvgIpc) is 3.63.